The van der Waals surface area contributed by atoms with Crippen LogP contribution in [0.2, 0.25) is 0 Å². The number of halogens is 1. The lowest BCUT2D eigenvalue weighted by molar-refractivity contribution is 0.520. The van der Waals surface area contributed by atoms with Crippen LogP contribution in [0.25, 0.3) is 0 Å². The minimum Gasteiger partial charge on any atom is -0.317 e. The summed E-state index contributed by atoms with van der Waals surface area (Å²) < 4.78 is 13.1. The Kier molecular flexibility index (Phi) is 4.90. The van der Waals surface area contributed by atoms with E-state index in [0.717, 1.165) is 24.8 Å². The summed E-state index contributed by atoms with van der Waals surface area (Å²) in [6.07, 6.45) is 3.03. The van der Waals surface area contributed by atoms with E-state index in [-0.39, 0.29) is 5.82 Å². The number of likely N-dealkylation sites (N-methyl/N-ethyl adjacent to an activating group) is 1. The fourth-order valence-corrected chi connectivity index (χ4v) is 2.79. The van der Waals surface area contributed by atoms with Crippen molar-refractivity contribution < 1.29 is 4.39 Å². The zero-order valence-corrected chi connectivity index (χ0v) is 11.3. The first-order chi connectivity index (χ1) is 8.78. The minimum atomic E-state index is -0.152. The number of hydrogen-bond acceptors (Lipinski definition) is 2. The molecule has 1 N–H and O–H groups in total. The molecule has 0 amide bonds. The Bertz CT molecular complexity index is 467. The summed E-state index contributed by atoms with van der Waals surface area (Å²) >= 11 is 1.80. The zero-order valence-electron chi connectivity index (χ0n) is 10.5. The van der Waals surface area contributed by atoms with Gasteiger partial charge in [-0.1, -0.05) is 18.2 Å². The van der Waals surface area contributed by atoms with Crippen LogP contribution in [0, 0.1) is 5.82 Å². The van der Waals surface area contributed by atoms with Gasteiger partial charge in [0.15, 0.2) is 0 Å². The average molecular weight is 263 g/mol. The van der Waals surface area contributed by atoms with E-state index in [1.165, 1.54) is 10.9 Å². The lowest BCUT2D eigenvalue weighted by Gasteiger charge is -2.15. The molecule has 2 aromatic rings. The number of nitrogens with one attached hydrogen (secondary N) is 1. The number of aryl methyl sites for hydroxylation is 1. The third-order valence-electron chi connectivity index (χ3n) is 3.10. The second-order valence-corrected chi connectivity index (χ2v) is 5.47. The smallest absolute Gasteiger partial charge is 0.123 e. The summed E-state index contributed by atoms with van der Waals surface area (Å²) in [5.74, 6) is -0.152. The van der Waals surface area contributed by atoms with Gasteiger partial charge in [0.25, 0.3) is 0 Å². The zero-order chi connectivity index (χ0) is 12.8. The van der Waals surface area contributed by atoms with Gasteiger partial charge >= 0.3 is 0 Å². The molecule has 0 bridgehead atoms. The van der Waals surface area contributed by atoms with Gasteiger partial charge in [0.1, 0.15) is 5.82 Å². The summed E-state index contributed by atoms with van der Waals surface area (Å²) in [4.78, 5) is 1.41. The highest BCUT2D eigenvalue weighted by molar-refractivity contribution is 7.09. The summed E-state index contributed by atoms with van der Waals surface area (Å²) in [6, 6.07) is 11.5. The van der Waals surface area contributed by atoms with Crippen LogP contribution in [0.15, 0.2) is 41.8 Å². The van der Waals surface area contributed by atoms with Crippen molar-refractivity contribution in [2.75, 3.05) is 7.05 Å². The largest absolute Gasteiger partial charge is 0.317 e. The van der Waals surface area contributed by atoms with E-state index in [1.807, 2.05) is 13.1 Å². The molecule has 2 rings (SSSR count). The molecule has 0 aliphatic carbocycles. The maximum atomic E-state index is 13.1. The van der Waals surface area contributed by atoms with Crippen molar-refractivity contribution >= 4 is 11.3 Å². The van der Waals surface area contributed by atoms with Gasteiger partial charge in [-0.3, -0.25) is 0 Å². The summed E-state index contributed by atoms with van der Waals surface area (Å²) in [5, 5.41) is 5.42. The molecule has 0 aliphatic rings. The molecular weight excluding hydrogens is 245 g/mol. The van der Waals surface area contributed by atoms with Gasteiger partial charge in [0.2, 0.25) is 0 Å². The van der Waals surface area contributed by atoms with Crippen LogP contribution in [0.1, 0.15) is 16.9 Å². The third-order valence-corrected chi connectivity index (χ3v) is 4.03. The van der Waals surface area contributed by atoms with Gasteiger partial charge in [-0.25, -0.2) is 4.39 Å². The molecule has 0 aliphatic heterocycles. The minimum absolute atomic E-state index is 0.152. The molecule has 0 saturated carbocycles. The van der Waals surface area contributed by atoms with Crippen LogP contribution in [-0.4, -0.2) is 13.1 Å². The Hall–Kier alpha value is -1.19. The summed E-state index contributed by atoms with van der Waals surface area (Å²) in [6.45, 7) is 0. The lowest BCUT2D eigenvalue weighted by Crippen LogP contribution is -2.28. The highest BCUT2D eigenvalue weighted by Gasteiger charge is 2.08. The Balaban J connectivity index is 1.89. The van der Waals surface area contributed by atoms with Crippen LogP contribution in [0.4, 0.5) is 4.39 Å². The van der Waals surface area contributed by atoms with Gasteiger partial charge in [-0.05, 0) is 55.5 Å². The number of rotatable bonds is 6. The van der Waals surface area contributed by atoms with E-state index in [0.29, 0.717) is 6.04 Å². The van der Waals surface area contributed by atoms with E-state index in [9.17, 15) is 4.39 Å². The molecule has 0 fully saturated rings. The van der Waals surface area contributed by atoms with E-state index < -0.39 is 0 Å². The van der Waals surface area contributed by atoms with Crippen molar-refractivity contribution in [1.82, 2.24) is 5.32 Å². The third kappa shape index (κ3) is 3.93. The number of benzene rings is 1. The first-order valence-corrected chi connectivity index (χ1v) is 7.10. The van der Waals surface area contributed by atoms with E-state index in [1.54, 1.807) is 23.5 Å². The van der Waals surface area contributed by atoms with Crippen molar-refractivity contribution in [2.24, 2.45) is 0 Å². The number of hydrogen-bond donors (Lipinski definition) is 1. The summed E-state index contributed by atoms with van der Waals surface area (Å²) in [7, 11) is 1.97. The van der Waals surface area contributed by atoms with Gasteiger partial charge in [0, 0.05) is 10.9 Å². The fourth-order valence-electron chi connectivity index (χ4n) is 2.07. The SMILES string of the molecule is CNC(CCc1cccs1)Cc1cccc(F)c1. The molecule has 0 radical (unpaired) electrons. The Labute approximate surface area is 112 Å². The second kappa shape index (κ2) is 6.66. The first-order valence-electron chi connectivity index (χ1n) is 6.22. The molecule has 18 heavy (non-hydrogen) atoms. The standard InChI is InChI=1S/C15H18FNS/c1-17-14(7-8-15-6-3-9-18-15)11-12-4-2-5-13(16)10-12/h2-6,9-10,14,17H,7-8,11H2,1H3. The Morgan fingerprint density at radius 3 is 2.83 bits per heavy atom. The predicted octanol–water partition coefficient (Wildman–Crippen LogP) is 3.65. The van der Waals surface area contributed by atoms with Gasteiger partial charge in [-0.2, -0.15) is 0 Å². The van der Waals surface area contributed by atoms with Gasteiger partial charge < -0.3 is 5.32 Å². The molecular formula is C15H18FNS. The monoisotopic (exact) mass is 263 g/mol. The molecule has 1 atom stereocenters. The lowest BCUT2D eigenvalue weighted by atomic mass is 10.0. The molecule has 0 spiro atoms. The Morgan fingerprint density at radius 2 is 2.17 bits per heavy atom. The molecule has 3 heteroatoms. The fraction of sp³-hybridized carbons (Fsp3) is 0.333. The van der Waals surface area contributed by atoms with Crippen LogP contribution in [0.3, 0.4) is 0 Å². The maximum Gasteiger partial charge on any atom is 0.123 e. The predicted molar refractivity (Wildman–Crippen MR) is 75.6 cm³/mol. The maximum absolute atomic E-state index is 13.1. The van der Waals surface area contributed by atoms with Crippen molar-refractivity contribution in [3.8, 4) is 0 Å². The van der Waals surface area contributed by atoms with Crippen LogP contribution < -0.4 is 5.32 Å². The molecule has 0 saturated heterocycles. The van der Waals surface area contributed by atoms with Crippen LogP contribution >= 0.6 is 11.3 Å². The normalized spacial score (nSPS) is 12.6. The Morgan fingerprint density at radius 1 is 1.28 bits per heavy atom. The molecule has 1 aromatic carbocycles. The van der Waals surface area contributed by atoms with Crippen LogP contribution in [-0.2, 0) is 12.8 Å². The van der Waals surface area contributed by atoms with Gasteiger partial charge in [0.05, 0.1) is 0 Å². The van der Waals surface area contributed by atoms with E-state index >= 15 is 0 Å². The molecule has 1 nitrogen and oxygen atoms in total. The number of thiophene rings is 1. The van der Waals surface area contributed by atoms with Crippen molar-refractivity contribution in [2.45, 2.75) is 25.3 Å². The highest BCUT2D eigenvalue weighted by atomic mass is 32.1. The first kappa shape index (κ1) is 13.2. The van der Waals surface area contributed by atoms with Crippen molar-refractivity contribution in [3.05, 3.63) is 58.0 Å². The van der Waals surface area contributed by atoms with Crippen molar-refractivity contribution in [3.63, 3.8) is 0 Å². The topological polar surface area (TPSA) is 12.0 Å². The van der Waals surface area contributed by atoms with Crippen molar-refractivity contribution in [1.29, 1.82) is 0 Å². The highest BCUT2D eigenvalue weighted by Crippen LogP contribution is 2.14. The molecule has 1 aromatic heterocycles. The van der Waals surface area contributed by atoms with E-state index in [4.69, 9.17) is 0 Å². The molecule has 1 heterocycles. The summed E-state index contributed by atoms with van der Waals surface area (Å²) in [5.41, 5.74) is 1.06. The van der Waals surface area contributed by atoms with Gasteiger partial charge in [-0.15, -0.1) is 11.3 Å². The quantitative estimate of drug-likeness (QED) is 0.839. The average Bonchev–Trinajstić information content (AvgIpc) is 2.87. The van der Waals surface area contributed by atoms with E-state index in [2.05, 4.69) is 22.8 Å². The molecule has 96 valence electrons. The van der Waals surface area contributed by atoms with Crippen LogP contribution in [0.5, 0.6) is 0 Å². The second-order valence-electron chi connectivity index (χ2n) is 4.44. The molecule has 1 unspecified atom stereocenters.